The molecule has 0 fully saturated rings. The summed E-state index contributed by atoms with van der Waals surface area (Å²) >= 11 is 0. The van der Waals surface area contributed by atoms with E-state index in [0.29, 0.717) is 28.7 Å². The van der Waals surface area contributed by atoms with E-state index in [-0.39, 0.29) is 5.92 Å². The molecule has 2 heterocycles. The highest BCUT2D eigenvalue weighted by atomic mass is 16.6. The quantitative estimate of drug-likeness (QED) is 0.700. The van der Waals surface area contributed by atoms with Crippen LogP contribution in [-0.4, -0.2) is 10.9 Å². The van der Waals surface area contributed by atoms with Gasteiger partial charge in [0.15, 0.2) is 0 Å². The molecule has 0 spiro atoms. The summed E-state index contributed by atoms with van der Waals surface area (Å²) in [6, 6.07) is 16.9. The predicted molar refractivity (Wildman–Crippen MR) is 86.6 cm³/mol. The zero-order valence-corrected chi connectivity index (χ0v) is 12.7. The standard InChI is InChI=1S/C19H16O4/c1-19(21)11-14(12-7-3-2-4-8-12)16-17(23-19)13-9-5-6-10-15(13)22-18(16)20/h2-10,14,21H,11H2,1H3/t14-,19?/m1/s1. The molecule has 4 rings (SSSR count). The molecule has 4 nitrogen and oxygen atoms in total. The van der Waals surface area contributed by atoms with Crippen molar-refractivity contribution < 1.29 is 14.3 Å². The Balaban J connectivity index is 2.04. The highest BCUT2D eigenvalue weighted by Crippen LogP contribution is 2.44. The van der Waals surface area contributed by atoms with Gasteiger partial charge in [0.2, 0.25) is 5.79 Å². The van der Waals surface area contributed by atoms with Gasteiger partial charge in [-0.25, -0.2) is 4.79 Å². The van der Waals surface area contributed by atoms with E-state index in [4.69, 9.17) is 9.15 Å². The van der Waals surface area contributed by atoms with Gasteiger partial charge in [0, 0.05) is 19.3 Å². The molecule has 23 heavy (non-hydrogen) atoms. The minimum absolute atomic E-state index is 0.268. The molecule has 2 aromatic carbocycles. The molecule has 3 aromatic rings. The Bertz CT molecular complexity index is 925. The van der Waals surface area contributed by atoms with E-state index in [1.54, 1.807) is 19.1 Å². The lowest BCUT2D eigenvalue weighted by molar-refractivity contribution is -0.136. The molecule has 1 aliphatic rings. The number of rotatable bonds is 1. The molecule has 1 N–H and O–H groups in total. The SMILES string of the molecule is CC1(O)C[C@H](c2ccccc2)c2c(c3ccccc3oc2=O)O1. The number of aliphatic hydroxyl groups is 1. The van der Waals surface area contributed by atoms with Crippen LogP contribution in [0.4, 0.5) is 0 Å². The number of fused-ring (bicyclic) bond motifs is 3. The van der Waals surface area contributed by atoms with Gasteiger partial charge in [-0.2, -0.15) is 0 Å². The summed E-state index contributed by atoms with van der Waals surface area (Å²) in [6.45, 7) is 1.62. The van der Waals surface area contributed by atoms with E-state index < -0.39 is 11.4 Å². The molecule has 0 aliphatic carbocycles. The first kappa shape index (κ1) is 14.0. The summed E-state index contributed by atoms with van der Waals surface area (Å²) in [7, 11) is 0. The third kappa shape index (κ3) is 2.32. The van der Waals surface area contributed by atoms with Crippen LogP contribution in [-0.2, 0) is 0 Å². The first-order valence-corrected chi connectivity index (χ1v) is 7.57. The minimum atomic E-state index is -1.34. The highest BCUT2D eigenvalue weighted by Gasteiger charge is 2.39. The minimum Gasteiger partial charge on any atom is -0.461 e. The van der Waals surface area contributed by atoms with Gasteiger partial charge in [-0.3, -0.25) is 0 Å². The third-order valence-corrected chi connectivity index (χ3v) is 4.25. The third-order valence-electron chi connectivity index (χ3n) is 4.25. The number of para-hydroxylation sites is 1. The number of hydrogen-bond donors (Lipinski definition) is 1. The molecular formula is C19H16O4. The Morgan fingerprint density at radius 2 is 1.78 bits per heavy atom. The van der Waals surface area contributed by atoms with Gasteiger partial charge < -0.3 is 14.3 Å². The molecule has 0 radical (unpaired) electrons. The van der Waals surface area contributed by atoms with Crippen molar-refractivity contribution in [2.24, 2.45) is 0 Å². The Morgan fingerprint density at radius 1 is 1.09 bits per heavy atom. The van der Waals surface area contributed by atoms with Crippen molar-refractivity contribution in [2.75, 3.05) is 0 Å². The van der Waals surface area contributed by atoms with Crippen molar-refractivity contribution in [3.63, 3.8) is 0 Å². The Kier molecular flexibility index (Phi) is 3.03. The number of ether oxygens (including phenoxy) is 1. The summed E-state index contributed by atoms with van der Waals surface area (Å²) in [5.74, 6) is -1.19. The fourth-order valence-corrected chi connectivity index (χ4v) is 3.26. The zero-order valence-electron chi connectivity index (χ0n) is 12.7. The smallest absolute Gasteiger partial charge is 0.343 e. The maximum absolute atomic E-state index is 12.5. The van der Waals surface area contributed by atoms with Gasteiger partial charge in [0.05, 0.1) is 10.9 Å². The molecule has 116 valence electrons. The van der Waals surface area contributed by atoms with Crippen LogP contribution in [0, 0.1) is 0 Å². The molecule has 1 aromatic heterocycles. The molecule has 4 heteroatoms. The average Bonchev–Trinajstić information content (AvgIpc) is 2.54. The molecule has 2 atom stereocenters. The lowest BCUT2D eigenvalue weighted by Gasteiger charge is -2.36. The Morgan fingerprint density at radius 3 is 2.57 bits per heavy atom. The lowest BCUT2D eigenvalue weighted by atomic mass is 9.83. The van der Waals surface area contributed by atoms with Crippen LogP contribution in [0.2, 0.25) is 0 Å². The average molecular weight is 308 g/mol. The number of benzene rings is 2. The summed E-state index contributed by atoms with van der Waals surface area (Å²) in [5.41, 5.74) is 1.48. The summed E-state index contributed by atoms with van der Waals surface area (Å²) < 4.78 is 11.2. The van der Waals surface area contributed by atoms with E-state index in [0.717, 1.165) is 5.56 Å². The van der Waals surface area contributed by atoms with Crippen molar-refractivity contribution in [1.29, 1.82) is 0 Å². The van der Waals surface area contributed by atoms with Gasteiger partial charge >= 0.3 is 5.63 Å². The van der Waals surface area contributed by atoms with Gasteiger partial charge in [0.25, 0.3) is 0 Å². The van der Waals surface area contributed by atoms with E-state index in [1.807, 2.05) is 42.5 Å². The van der Waals surface area contributed by atoms with E-state index >= 15 is 0 Å². The van der Waals surface area contributed by atoms with Gasteiger partial charge in [-0.05, 0) is 17.7 Å². The normalized spacial score (nSPS) is 23.3. The highest BCUT2D eigenvalue weighted by molar-refractivity contribution is 5.85. The van der Waals surface area contributed by atoms with Crippen molar-refractivity contribution in [2.45, 2.75) is 25.0 Å². The summed E-state index contributed by atoms with van der Waals surface area (Å²) in [5, 5.41) is 11.2. The fourth-order valence-electron chi connectivity index (χ4n) is 3.26. The van der Waals surface area contributed by atoms with Crippen molar-refractivity contribution in [1.82, 2.24) is 0 Å². The summed E-state index contributed by atoms with van der Waals surface area (Å²) in [6.07, 6.45) is 0.299. The first-order valence-electron chi connectivity index (χ1n) is 7.57. The van der Waals surface area contributed by atoms with Crippen LogP contribution in [0.15, 0.2) is 63.8 Å². The van der Waals surface area contributed by atoms with Gasteiger partial charge in [-0.15, -0.1) is 0 Å². The maximum atomic E-state index is 12.5. The van der Waals surface area contributed by atoms with Crippen LogP contribution in [0.5, 0.6) is 5.75 Å². The Hall–Kier alpha value is -2.59. The van der Waals surface area contributed by atoms with Crippen LogP contribution in [0.25, 0.3) is 11.0 Å². The maximum Gasteiger partial charge on any atom is 0.343 e. The number of hydrogen-bond acceptors (Lipinski definition) is 4. The molecule has 0 amide bonds. The van der Waals surface area contributed by atoms with Crippen LogP contribution < -0.4 is 10.4 Å². The van der Waals surface area contributed by atoms with Crippen molar-refractivity contribution in [3.8, 4) is 5.75 Å². The lowest BCUT2D eigenvalue weighted by Crippen LogP contribution is -2.40. The first-order chi connectivity index (χ1) is 11.1. The van der Waals surface area contributed by atoms with Crippen LogP contribution in [0.3, 0.4) is 0 Å². The van der Waals surface area contributed by atoms with Gasteiger partial charge in [-0.1, -0.05) is 42.5 Å². The summed E-state index contributed by atoms with van der Waals surface area (Å²) in [4.78, 5) is 12.5. The Labute approximate surface area is 132 Å². The molecule has 0 saturated carbocycles. The zero-order chi connectivity index (χ0) is 16.0. The topological polar surface area (TPSA) is 59.7 Å². The second-order valence-electron chi connectivity index (χ2n) is 6.07. The largest absolute Gasteiger partial charge is 0.461 e. The molecule has 0 bridgehead atoms. The van der Waals surface area contributed by atoms with E-state index in [2.05, 4.69) is 0 Å². The second-order valence-corrected chi connectivity index (χ2v) is 6.07. The van der Waals surface area contributed by atoms with E-state index in [1.165, 1.54) is 0 Å². The van der Waals surface area contributed by atoms with E-state index in [9.17, 15) is 9.90 Å². The van der Waals surface area contributed by atoms with Crippen LogP contribution in [0.1, 0.15) is 30.4 Å². The molecule has 1 aliphatic heterocycles. The predicted octanol–water partition coefficient (Wildman–Crippen LogP) is 3.42. The van der Waals surface area contributed by atoms with Crippen molar-refractivity contribution >= 4 is 11.0 Å². The van der Waals surface area contributed by atoms with Crippen molar-refractivity contribution in [3.05, 3.63) is 76.1 Å². The molecular weight excluding hydrogens is 292 g/mol. The van der Waals surface area contributed by atoms with Crippen LogP contribution >= 0.6 is 0 Å². The van der Waals surface area contributed by atoms with Gasteiger partial charge in [0.1, 0.15) is 11.3 Å². The monoisotopic (exact) mass is 308 g/mol. The molecule has 1 unspecified atom stereocenters. The second kappa shape index (κ2) is 4.96. The fraction of sp³-hybridized carbons (Fsp3) is 0.211. The molecule has 0 saturated heterocycles.